The van der Waals surface area contributed by atoms with Gasteiger partial charge in [-0.15, -0.1) is 0 Å². The Bertz CT molecular complexity index is 578. The lowest BCUT2D eigenvalue weighted by Crippen LogP contribution is -2.46. The number of likely N-dealkylation sites (tertiary alicyclic amines) is 1. The fourth-order valence-electron chi connectivity index (χ4n) is 2.84. The molecule has 0 radical (unpaired) electrons. The Morgan fingerprint density at radius 2 is 2.26 bits per heavy atom. The number of fused-ring (bicyclic) bond motifs is 1. The summed E-state index contributed by atoms with van der Waals surface area (Å²) < 4.78 is 14.1. The molecular weight excluding hydrogens is 241 g/mol. The quantitative estimate of drug-likeness (QED) is 0.871. The second kappa shape index (κ2) is 4.85. The van der Waals surface area contributed by atoms with Gasteiger partial charge in [-0.25, -0.2) is 4.39 Å². The number of rotatable bonds is 2. The number of halogens is 1. The molecule has 2 unspecified atom stereocenters. The Morgan fingerprint density at radius 3 is 3.05 bits per heavy atom. The van der Waals surface area contributed by atoms with E-state index in [4.69, 9.17) is 0 Å². The minimum absolute atomic E-state index is 0.0861. The monoisotopic (exact) mass is 261 g/mol. The molecule has 1 aliphatic rings. The second-order valence-electron chi connectivity index (χ2n) is 5.54. The highest BCUT2D eigenvalue weighted by Crippen LogP contribution is 2.26. The summed E-state index contributed by atoms with van der Waals surface area (Å²) in [5, 5.41) is 4.53. The van der Waals surface area contributed by atoms with Gasteiger partial charge in [-0.05, 0) is 38.6 Å². The number of aryl methyl sites for hydroxylation is 1. The smallest absolute Gasteiger partial charge is 0.133 e. The zero-order valence-corrected chi connectivity index (χ0v) is 11.4. The van der Waals surface area contributed by atoms with Crippen LogP contribution >= 0.6 is 0 Å². The topological polar surface area (TPSA) is 31.1 Å². The molecule has 1 aromatic heterocycles. The predicted octanol–water partition coefficient (Wildman–Crippen LogP) is 2.93. The van der Waals surface area contributed by atoms with E-state index < -0.39 is 6.17 Å². The van der Waals surface area contributed by atoms with Crippen LogP contribution in [-0.4, -0.2) is 42.2 Å². The SMILES string of the molecule is Cc1cc2c(NC3CCN(C)CC3F)cccc2[nH]1. The molecule has 1 aliphatic heterocycles. The Balaban J connectivity index is 1.85. The van der Waals surface area contributed by atoms with Crippen molar-refractivity contribution >= 4 is 16.6 Å². The van der Waals surface area contributed by atoms with Crippen LogP contribution < -0.4 is 5.32 Å². The summed E-state index contributed by atoms with van der Waals surface area (Å²) in [5.41, 5.74) is 3.26. The second-order valence-corrected chi connectivity index (χ2v) is 5.54. The maximum absolute atomic E-state index is 14.1. The van der Waals surface area contributed by atoms with Crippen LogP contribution in [0, 0.1) is 6.92 Å². The Kier molecular flexibility index (Phi) is 3.19. The Morgan fingerprint density at radius 1 is 1.42 bits per heavy atom. The molecule has 4 heteroatoms. The maximum Gasteiger partial charge on any atom is 0.133 e. The fraction of sp³-hybridized carbons (Fsp3) is 0.467. The molecule has 1 aromatic carbocycles. The van der Waals surface area contributed by atoms with Crippen LogP contribution in [0.1, 0.15) is 12.1 Å². The van der Waals surface area contributed by atoms with Gasteiger partial charge in [0.25, 0.3) is 0 Å². The molecule has 0 bridgehead atoms. The van der Waals surface area contributed by atoms with Gasteiger partial charge in [-0.2, -0.15) is 0 Å². The van der Waals surface area contributed by atoms with Gasteiger partial charge in [-0.1, -0.05) is 6.07 Å². The number of alkyl halides is 1. The third kappa shape index (κ3) is 2.45. The third-order valence-corrected chi connectivity index (χ3v) is 3.88. The number of aromatic amines is 1. The molecule has 0 spiro atoms. The lowest BCUT2D eigenvalue weighted by atomic mass is 10.0. The fourth-order valence-corrected chi connectivity index (χ4v) is 2.84. The lowest BCUT2D eigenvalue weighted by molar-refractivity contribution is 0.149. The van der Waals surface area contributed by atoms with Gasteiger partial charge < -0.3 is 15.2 Å². The average Bonchev–Trinajstić information content (AvgIpc) is 2.74. The minimum atomic E-state index is -0.811. The summed E-state index contributed by atoms with van der Waals surface area (Å²) in [6.45, 7) is 3.50. The summed E-state index contributed by atoms with van der Waals surface area (Å²) in [6.07, 6.45) is 0.0336. The first-order chi connectivity index (χ1) is 9.13. The van der Waals surface area contributed by atoms with E-state index in [2.05, 4.69) is 22.4 Å². The predicted molar refractivity (Wildman–Crippen MR) is 77.5 cm³/mol. The molecule has 102 valence electrons. The normalized spacial score (nSPS) is 24.8. The molecule has 3 rings (SSSR count). The molecule has 0 saturated carbocycles. The number of aromatic nitrogens is 1. The van der Waals surface area contributed by atoms with Gasteiger partial charge in [0.15, 0.2) is 0 Å². The van der Waals surface area contributed by atoms with Crippen molar-refractivity contribution in [1.82, 2.24) is 9.88 Å². The van der Waals surface area contributed by atoms with E-state index in [1.165, 1.54) is 0 Å². The van der Waals surface area contributed by atoms with Crippen molar-refractivity contribution in [3.05, 3.63) is 30.0 Å². The molecule has 2 atom stereocenters. The molecule has 1 fully saturated rings. The van der Waals surface area contributed by atoms with Crippen molar-refractivity contribution in [3.8, 4) is 0 Å². The van der Waals surface area contributed by atoms with E-state index in [1.807, 2.05) is 31.0 Å². The molecule has 3 nitrogen and oxygen atoms in total. The van der Waals surface area contributed by atoms with Gasteiger partial charge in [0, 0.05) is 35.4 Å². The first-order valence-corrected chi connectivity index (χ1v) is 6.81. The van der Waals surface area contributed by atoms with Gasteiger partial charge in [0.05, 0.1) is 6.04 Å². The van der Waals surface area contributed by atoms with E-state index in [0.717, 1.165) is 35.2 Å². The van der Waals surface area contributed by atoms with Gasteiger partial charge in [0.2, 0.25) is 0 Å². The van der Waals surface area contributed by atoms with Crippen LogP contribution in [-0.2, 0) is 0 Å². The number of benzene rings is 1. The Hall–Kier alpha value is -1.55. The first kappa shape index (κ1) is 12.5. The van der Waals surface area contributed by atoms with Gasteiger partial charge in [-0.3, -0.25) is 0 Å². The summed E-state index contributed by atoms with van der Waals surface area (Å²) in [4.78, 5) is 5.36. The van der Waals surface area contributed by atoms with Crippen molar-refractivity contribution in [2.75, 3.05) is 25.5 Å². The average molecular weight is 261 g/mol. The minimum Gasteiger partial charge on any atom is -0.379 e. The van der Waals surface area contributed by atoms with E-state index in [9.17, 15) is 4.39 Å². The van der Waals surface area contributed by atoms with Crippen molar-refractivity contribution in [1.29, 1.82) is 0 Å². The summed E-state index contributed by atoms with van der Waals surface area (Å²) >= 11 is 0. The molecular formula is C15H20FN3. The number of hydrogen-bond acceptors (Lipinski definition) is 2. The summed E-state index contributed by atoms with van der Waals surface area (Å²) in [5.74, 6) is 0. The zero-order valence-electron chi connectivity index (χ0n) is 11.4. The Labute approximate surface area is 112 Å². The third-order valence-electron chi connectivity index (χ3n) is 3.88. The van der Waals surface area contributed by atoms with E-state index >= 15 is 0 Å². The molecule has 0 aliphatic carbocycles. The lowest BCUT2D eigenvalue weighted by Gasteiger charge is -2.33. The van der Waals surface area contributed by atoms with Crippen molar-refractivity contribution in [3.63, 3.8) is 0 Å². The van der Waals surface area contributed by atoms with Crippen LogP contribution in [0.4, 0.5) is 10.1 Å². The highest BCUT2D eigenvalue weighted by Gasteiger charge is 2.27. The molecule has 0 amide bonds. The number of piperidine rings is 1. The standard InChI is InChI=1S/C15H20FN3/c1-10-8-11-13(17-10)4-3-5-14(11)18-15-6-7-19(2)9-12(15)16/h3-5,8,12,15,17-18H,6-7,9H2,1-2H3. The van der Waals surface area contributed by atoms with E-state index in [1.54, 1.807) is 0 Å². The van der Waals surface area contributed by atoms with E-state index in [-0.39, 0.29) is 6.04 Å². The first-order valence-electron chi connectivity index (χ1n) is 6.81. The van der Waals surface area contributed by atoms with Crippen molar-refractivity contribution in [2.24, 2.45) is 0 Å². The van der Waals surface area contributed by atoms with Gasteiger partial charge >= 0.3 is 0 Å². The molecule has 2 N–H and O–H groups in total. The largest absolute Gasteiger partial charge is 0.379 e. The highest BCUT2D eigenvalue weighted by atomic mass is 19.1. The molecule has 19 heavy (non-hydrogen) atoms. The van der Waals surface area contributed by atoms with Crippen molar-refractivity contribution < 1.29 is 4.39 Å². The zero-order chi connectivity index (χ0) is 13.4. The van der Waals surface area contributed by atoms with Crippen LogP contribution in [0.25, 0.3) is 10.9 Å². The summed E-state index contributed by atoms with van der Waals surface area (Å²) in [7, 11) is 1.97. The van der Waals surface area contributed by atoms with Crippen LogP contribution in [0.15, 0.2) is 24.3 Å². The number of anilines is 1. The number of H-pyrrole nitrogens is 1. The van der Waals surface area contributed by atoms with Gasteiger partial charge in [0.1, 0.15) is 6.17 Å². The van der Waals surface area contributed by atoms with Crippen LogP contribution in [0.3, 0.4) is 0 Å². The maximum atomic E-state index is 14.1. The van der Waals surface area contributed by atoms with E-state index in [0.29, 0.717) is 6.54 Å². The van der Waals surface area contributed by atoms with Crippen molar-refractivity contribution in [2.45, 2.75) is 25.6 Å². The van der Waals surface area contributed by atoms with Crippen LogP contribution in [0.2, 0.25) is 0 Å². The number of nitrogens with one attached hydrogen (secondary N) is 2. The highest BCUT2D eigenvalue weighted by molar-refractivity contribution is 5.92. The molecule has 1 saturated heterocycles. The number of hydrogen-bond donors (Lipinski definition) is 2. The number of nitrogens with zero attached hydrogens (tertiary/aromatic N) is 1. The van der Waals surface area contributed by atoms with Crippen LogP contribution in [0.5, 0.6) is 0 Å². The molecule has 2 aromatic rings. The molecule has 2 heterocycles. The summed E-state index contributed by atoms with van der Waals surface area (Å²) in [6, 6.07) is 8.11.